The van der Waals surface area contributed by atoms with Crippen LogP contribution in [0, 0.1) is 19.7 Å². The number of carbonyl (C=O) groups is 1. The lowest BCUT2D eigenvalue weighted by atomic mass is 10.1. The number of nitrogens with one attached hydrogen (secondary N) is 1. The number of amides is 1. The van der Waals surface area contributed by atoms with E-state index in [0.29, 0.717) is 30.0 Å². The van der Waals surface area contributed by atoms with Crippen molar-refractivity contribution in [2.24, 2.45) is 0 Å². The van der Waals surface area contributed by atoms with Gasteiger partial charge in [-0.3, -0.25) is 4.79 Å². The number of benzene rings is 3. The van der Waals surface area contributed by atoms with Crippen LogP contribution in [0.5, 0.6) is 11.5 Å². The lowest BCUT2D eigenvalue weighted by Gasteiger charge is -2.13. The molecule has 0 unspecified atom stereocenters. The number of halogens is 1. The Hall–Kier alpha value is -4.06. The highest BCUT2D eigenvalue weighted by atomic mass is 19.1. The van der Waals surface area contributed by atoms with Gasteiger partial charge >= 0.3 is 0 Å². The molecule has 0 saturated heterocycles. The van der Waals surface area contributed by atoms with Crippen molar-refractivity contribution >= 4 is 5.91 Å². The molecule has 4 rings (SSSR count). The molecule has 6 heteroatoms. The van der Waals surface area contributed by atoms with E-state index in [-0.39, 0.29) is 11.7 Å². The minimum absolute atomic E-state index is 0.155. The standard InChI is InChI=1S/C29H29FN2O3/c1-19-6-5-7-24(16-19)32-20(2)25(18-26(32)22-9-11-23(30)12-10-22)29(33)31-15-14-21-8-13-27(34-3)28(17-21)35-4/h5-13,16-18H,14-15H2,1-4H3,(H,31,33). The summed E-state index contributed by atoms with van der Waals surface area (Å²) in [5.41, 5.74) is 6.16. The summed E-state index contributed by atoms with van der Waals surface area (Å²) in [7, 11) is 3.20. The van der Waals surface area contributed by atoms with Gasteiger partial charge in [-0.1, -0.05) is 18.2 Å². The molecular formula is C29H29FN2O3. The molecule has 0 fully saturated rings. The quantitative estimate of drug-likeness (QED) is 0.348. The number of aryl methyl sites for hydroxylation is 1. The summed E-state index contributed by atoms with van der Waals surface area (Å²) in [5, 5.41) is 3.03. The first-order valence-corrected chi connectivity index (χ1v) is 11.5. The van der Waals surface area contributed by atoms with Gasteiger partial charge in [-0.05, 0) is 91.6 Å². The Morgan fingerprint density at radius 2 is 1.66 bits per heavy atom. The number of ether oxygens (including phenoxy) is 2. The summed E-state index contributed by atoms with van der Waals surface area (Å²) in [4.78, 5) is 13.2. The monoisotopic (exact) mass is 472 g/mol. The van der Waals surface area contributed by atoms with E-state index in [2.05, 4.69) is 11.4 Å². The van der Waals surface area contributed by atoms with Crippen LogP contribution in [-0.4, -0.2) is 31.2 Å². The third kappa shape index (κ3) is 5.22. The highest BCUT2D eigenvalue weighted by Gasteiger charge is 2.20. The second kappa shape index (κ2) is 10.5. The van der Waals surface area contributed by atoms with Crippen LogP contribution in [0.4, 0.5) is 4.39 Å². The van der Waals surface area contributed by atoms with Crippen LogP contribution >= 0.6 is 0 Å². The molecule has 0 aliphatic heterocycles. The van der Waals surface area contributed by atoms with Crippen LogP contribution < -0.4 is 14.8 Å². The molecule has 1 heterocycles. The van der Waals surface area contributed by atoms with E-state index >= 15 is 0 Å². The van der Waals surface area contributed by atoms with Crippen molar-refractivity contribution in [3.05, 3.63) is 101 Å². The van der Waals surface area contributed by atoms with E-state index in [4.69, 9.17) is 9.47 Å². The molecule has 1 N–H and O–H groups in total. The van der Waals surface area contributed by atoms with Gasteiger partial charge < -0.3 is 19.4 Å². The van der Waals surface area contributed by atoms with Gasteiger partial charge in [-0.25, -0.2) is 4.39 Å². The van der Waals surface area contributed by atoms with Gasteiger partial charge in [0.05, 0.1) is 25.5 Å². The maximum atomic E-state index is 13.6. The summed E-state index contributed by atoms with van der Waals surface area (Å²) in [6.07, 6.45) is 0.647. The zero-order valence-corrected chi connectivity index (χ0v) is 20.4. The van der Waals surface area contributed by atoms with Gasteiger partial charge in [0, 0.05) is 17.9 Å². The van der Waals surface area contributed by atoms with Gasteiger partial charge in [0.25, 0.3) is 5.91 Å². The van der Waals surface area contributed by atoms with E-state index in [1.54, 1.807) is 26.4 Å². The first-order valence-electron chi connectivity index (χ1n) is 11.5. The normalized spacial score (nSPS) is 10.8. The maximum Gasteiger partial charge on any atom is 0.253 e. The van der Waals surface area contributed by atoms with Crippen molar-refractivity contribution < 1.29 is 18.7 Å². The summed E-state index contributed by atoms with van der Waals surface area (Å²) >= 11 is 0. The first kappa shape index (κ1) is 24.1. The fraction of sp³-hybridized carbons (Fsp3) is 0.207. The van der Waals surface area contributed by atoms with Gasteiger partial charge in [-0.15, -0.1) is 0 Å². The number of carbonyl (C=O) groups excluding carboxylic acids is 1. The molecule has 0 saturated carbocycles. The molecule has 4 aromatic rings. The number of hydrogen-bond donors (Lipinski definition) is 1. The Bertz CT molecular complexity index is 1340. The predicted molar refractivity (Wildman–Crippen MR) is 136 cm³/mol. The molecule has 0 spiro atoms. The summed E-state index contributed by atoms with van der Waals surface area (Å²) in [5.74, 6) is 0.873. The van der Waals surface area contributed by atoms with Crippen LogP contribution in [0.3, 0.4) is 0 Å². The van der Waals surface area contributed by atoms with Gasteiger partial charge in [-0.2, -0.15) is 0 Å². The van der Waals surface area contributed by atoms with Crippen molar-refractivity contribution in [2.45, 2.75) is 20.3 Å². The zero-order valence-electron chi connectivity index (χ0n) is 20.4. The molecular weight excluding hydrogens is 443 g/mol. The SMILES string of the molecule is COc1ccc(CCNC(=O)c2cc(-c3ccc(F)cc3)n(-c3cccc(C)c3)c2C)cc1OC. The highest BCUT2D eigenvalue weighted by Crippen LogP contribution is 2.30. The topological polar surface area (TPSA) is 52.5 Å². The zero-order chi connectivity index (χ0) is 24.9. The van der Waals surface area contributed by atoms with E-state index < -0.39 is 0 Å². The minimum atomic E-state index is -0.299. The minimum Gasteiger partial charge on any atom is -0.493 e. The Morgan fingerprint density at radius 3 is 2.34 bits per heavy atom. The Labute approximate surface area is 205 Å². The van der Waals surface area contributed by atoms with Crippen LogP contribution in [-0.2, 0) is 6.42 Å². The van der Waals surface area contributed by atoms with Crippen molar-refractivity contribution in [3.8, 4) is 28.4 Å². The lowest BCUT2D eigenvalue weighted by molar-refractivity contribution is 0.0953. The number of aromatic nitrogens is 1. The fourth-order valence-electron chi connectivity index (χ4n) is 4.22. The summed E-state index contributed by atoms with van der Waals surface area (Å²) < 4.78 is 26.3. The number of hydrogen-bond acceptors (Lipinski definition) is 3. The number of nitrogens with zero attached hydrogens (tertiary/aromatic N) is 1. The second-order valence-corrected chi connectivity index (χ2v) is 8.41. The molecule has 1 aromatic heterocycles. The van der Waals surface area contributed by atoms with Crippen molar-refractivity contribution in [3.63, 3.8) is 0 Å². The molecule has 5 nitrogen and oxygen atoms in total. The molecule has 1 amide bonds. The Morgan fingerprint density at radius 1 is 0.914 bits per heavy atom. The third-order valence-electron chi connectivity index (χ3n) is 6.04. The van der Waals surface area contributed by atoms with Gasteiger partial charge in [0.15, 0.2) is 11.5 Å². The molecule has 0 radical (unpaired) electrons. The fourth-order valence-corrected chi connectivity index (χ4v) is 4.22. The smallest absolute Gasteiger partial charge is 0.253 e. The van der Waals surface area contributed by atoms with Crippen molar-refractivity contribution in [2.75, 3.05) is 20.8 Å². The van der Waals surface area contributed by atoms with E-state index in [9.17, 15) is 9.18 Å². The summed E-state index contributed by atoms with van der Waals surface area (Å²) in [6.45, 7) is 4.43. The molecule has 0 aliphatic rings. The molecule has 3 aromatic carbocycles. The highest BCUT2D eigenvalue weighted by molar-refractivity contribution is 5.97. The van der Waals surface area contributed by atoms with Crippen LogP contribution in [0.25, 0.3) is 16.9 Å². The third-order valence-corrected chi connectivity index (χ3v) is 6.04. The predicted octanol–water partition coefficient (Wildman–Crippen LogP) is 5.89. The summed E-state index contributed by atoms with van der Waals surface area (Å²) in [6, 6.07) is 22.0. The average Bonchev–Trinajstić information content (AvgIpc) is 3.21. The largest absolute Gasteiger partial charge is 0.493 e. The van der Waals surface area contributed by atoms with E-state index in [1.165, 1.54) is 12.1 Å². The molecule has 0 aliphatic carbocycles. The number of rotatable bonds is 8. The van der Waals surface area contributed by atoms with Gasteiger partial charge in [0.1, 0.15) is 5.82 Å². The van der Waals surface area contributed by atoms with Crippen LogP contribution in [0.1, 0.15) is 27.2 Å². The molecule has 0 atom stereocenters. The van der Waals surface area contributed by atoms with Crippen LogP contribution in [0.15, 0.2) is 72.8 Å². The van der Waals surface area contributed by atoms with Crippen molar-refractivity contribution in [1.82, 2.24) is 9.88 Å². The second-order valence-electron chi connectivity index (χ2n) is 8.41. The first-order chi connectivity index (χ1) is 16.9. The van der Waals surface area contributed by atoms with Crippen molar-refractivity contribution in [1.29, 1.82) is 0 Å². The molecule has 180 valence electrons. The van der Waals surface area contributed by atoms with Gasteiger partial charge in [0.2, 0.25) is 0 Å². The molecule has 0 bridgehead atoms. The maximum absolute atomic E-state index is 13.6. The Kier molecular flexibility index (Phi) is 7.20. The van der Waals surface area contributed by atoms with Crippen LogP contribution in [0.2, 0.25) is 0 Å². The molecule has 35 heavy (non-hydrogen) atoms. The van der Waals surface area contributed by atoms with E-state index in [0.717, 1.165) is 33.8 Å². The number of methoxy groups -OCH3 is 2. The Balaban J connectivity index is 1.60. The lowest BCUT2D eigenvalue weighted by Crippen LogP contribution is -2.26. The van der Waals surface area contributed by atoms with E-state index in [1.807, 2.05) is 60.9 Å². The average molecular weight is 473 g/mol.